The number of nitrogens with two attached hydrogens (primary N) is 1. The van der Waals surface area contributed by atoms with Gasteiger partial charge in [0.05, 0.1) is 5.69 Å². The molecule has 1 aromatic carbocycles. The van der Waals surface area contributed by atoms with E-state index in [4.69, 9.17) is 5.14 Å². The van der Waals surface area contributed by atoms with E-state index in [1.807, 2.05) is 6.07 Å². The summed E-state index contributed by atoms with van der Waals surface area (Å²) < 4.78 is 23.3. The maximum absolute atomic E-state index is 11.7. The first-order valence-corrected chi connectivity index (χ1v) is 8.23. The third-order valence-corrected chi connectivity index (χ3v) is 4.58. The summed E-state index contributed by atoms with van der Waals surface area (Å²) in [5.41, 5.74) is 1.55. The molecule has 1 aliphatic rings. The maximum Gasteiger partial charge on any atom is 0.240 e. The van der Waals surface area contributed by atoms with Gasteiger partial charge in [-0.1, -0.05) is 31.4 Å². The lowest BCUT2D eigenvalue weighted by Gasteiger charge is -2.24. The predicted octanol–water partition coefficient (Wildman–Crippen LogP) is 3.10. The molecule has 0 spiro atoms. The molecule has 0 unspecified atom stereocenters. The SMILES string of the molecule is C/C=N\c1c(C2CCCCC2)cccc1S(N)(=O)=O. The first-order valence-electron chi connectivity index (χ1n) is 6.68. The van der Waals surface area contributed by atoms with Gasteiger partial charge in [0.25, 0.3) is 0 Å². The summed E-state index contributed by atoms with van der Waals surface area (Å²) in [7, 11) is -3.73. The van der Waals surface area contributed by atoms with Gasteiger partial charge in [0.15, 0.2) is 0 Å². The molecular weight excluding hydrogens is 260 g/mol. The van der Waals surface area contributed by atoms with Crippen LogP contribution in [0.15, 0.2) is 28.1 Å². The molecular formula is C14H20N2O2S. The van der Waals surface area contributed by atoms with Gasteiger partial charge in [-0.15, -0.1) is 0 Å². The van der Waals surface area contributed by atoms with Gasteiger partial charge >= 0.3 is 0 Å². The number of rotatable bonds is 3. The van der Waals surface area contributed by atoms with E-state index in [0.29, 0.717) is 11.6 Å². The Morgan fingerprint density at radius 3 is 2.53 bits per heavy atom. The number of benzene rings is 1. The Balaban J connectivity index is 2.54. The quantitative estimate of drug-likeness (QED) is 0.864. The van der Waals surface area contributed by atoms with Crippen molar-refractivity contribution in [3.05, 3.63) is 23.8 Å². The predicted molar refractivity (Wildman–Crippen MR) is 77.5 cm³/mol. The van der Waals surface area contributed by atoms with Crippen molar-refractivity contribution >= 4 is 21.9 Å². The molecule has 0 radical (unpaired) electrons. The molecule has 1 aromatic rings. The molecule has 0 saturated heterocycles. The summed E-state index contributed by atoms with van der Waals surface area (Å²) in [6.45, 7) is 1.78. The van der Waals surface area contributed by atoms with E-state index in [0.717, 1.165) is 18.4 Å². The van der Waals surface area contributed by atoms with Crippen LogP contribution in [0.3, 0.4) is 0 Å². The standard InChI is InChI=1S/C14H20N2O2S/c1-2-16-14-12(11-7-4-3-5-8-11)9-6-10-13(14)19(15,17)18/h2,6,9-11H,3-5,7-8H2,1H3,(H2,15,17,18)/b16-2-. The molecule has 0 aliphatic heterocycles. The minimum absolute atomic E-state index is 0.133. The van der Waals surface area contributed by atoms with Crippen molar-refractivity contribution in [2.24, 2.45) is 10.1 Å². The molecule has 0 heterocycles. The number of sulfonamides is 1. The second-order valence-corrected chi connectivity index (χ2v) is 6.49. The summed E-state index contributed by atoms with van der Waals surface area (Å²) in [4.78, 5) is 4.40. The van der Waals surface area contributed by atoms with Crippen molar-refractivity contribution in [3.8, 4) is 0 Å². The summed E-state index contributed by atoms with van der Waals surface area (Å²) in [5.74, 6) is 0.397. The van der Waals surface area contributed by atoms with Crippen molar-refractivity contribution in [2.75, 3.05) is 0 Å². The smallest absolute Gasteiger partial charge is 0.240 e. The molecule has 2 rings (SSSR count). The number of hydrogen-bond donors (Lipinski definition) is 1. The van der Waals surface area contributed by atoms with E-state index >= 15 is 0 Å². The number of hydrogen-bond acceptors (Lipinski definition) is 3. The molecule has 0 aromatic heterocycles. The van der Waals surface area contributed by atoms with E-state index in [1.54, 1.807) is 19.2 Å². The normalized spacial score (nSPS) is 18.0. The molecule has 5 heteroatoms. The first-order chi connectivity index (χ1) is 9.04. The summed E-state index contributed by atoms with van der Waals surface area (Å²) in [5, 5.41) is 5.28. The third-order valence-electron chi connectivity index (χ3n) is 3.64. The number of para-hydroxylation sites is 1. The van der Waals surface area contributed by atoms with Crippen LogP contribution in [0.1, 0.15) is 50.5 Å². The Hall–Kier alpha value is -1.20. The molecule has 0 bridgehead atoms. The molecule has 19 heavy (non-hydrogen) atoms. The summed E-state index contributed by atoms with van der Waals surface area (Å²) in [6, 6.07) is 5.27. The van der Waals surface area contributed by atoms with Crippen molar-refractivity contribution in [3.63, 3.8) is 0 Å². The van der Waals surface area contributed by atoms with Crippen LogP contribution in [0.4, 0.5) is 5.69 Å². The zero-order valence-electron chi connectivity index (χ0n) is 11.2. The van der Waals surface area contributed by atoms with Crippen LogP contribution in [0, 0.1) is 0 Å². The molecule has 104 valence electrons. The summed E-state index contributed by atoms with van der Waals surface area (Å²) in [6.07, 6.45) is 7.47. The molecule has 0 amide bonds. The number of primary sulfonamides is 1. The average molecular weight is 280 g/mol. The van der Waals surface area contributed by atoms with Crippen molar-refractivity contribution < 1.29 is 8.42 Å². The van der Waals surface area contributed by atoms with Crippen molar-refractivity contribution in [1.82, 2.24) is 0 Å². The zero-order chi connectivity index (χ0) is 13.9. The molecule has 0 atom stereocenters. The fraction of sp³-hybridized carbons (Fsp3) is 0.500. The first kappa shape index (κ1) is 14.2. The highest BCUT2D eigenvalue weighted by molar-refractivity contribution is 7.89. The maximum atomic E-state index is 11.7. The van der Waals surface area contributed by atoms with Crippen LogP contribution in [0.25, 0.3) is 0 Å². The number of aliphatic imine (C=N–C) groups is 1. The highest BCUT2D eigenvalue weighted by Gasteiger charge is 2.23. The van der Waals surface area contributed by atoms with Gasteiger partial charge < -0.3 is 0 Å². The lowest BCUT2D eigenvalue weighted by atomic mass is 9.83. The molecule has 1 aliphatic carbocycles. The summed E-state index contributed by atoms with van der Waals surface area (Å²) >= 11 is 0. The Labute approximate surface area is 114 Å². The monoisotopic (exact) mass is 280 g/mol. The van der Waals surface area contributed by atoms with Crippen molar-refractivity contribution in [1.29, 1.82) is 0 Å². The van der Waals surface area contributed by atoms with E-state index in [2.05, 4.69) is 4.99 Å². The Morgan fingerprint density at radius 2 is 1.95 bits per heavy atom. The lowest BCUT2D eigenvalue weighted by molar-refractivity contribution is 0.443. The number of nitrogens with zero attached hydrogens (tertiary/aromatic N) is 1. The van der Waals surface area contributed by atoms with Gasteiger partial charge in [0, 0.05) is 6.21 Å². The Morgan fingerprint density at radius 1 is 1.26 bits per heavy atom. The van der Waals surface area contributed by atoms with Crippen LogP contribution in [-0.2, 0) is 10.0 Å². The largest absolute Gasteiger partial charge is 0.260 e. The molecule has 4 nitrogen and oxygen atoms in total. The van der Waals surface area contributed by atoms with E-state index in [1.165, 1.54) is 25.3 Å². The minimum atomic E-state index is -3.73. The van der Waals surface area contributed by atoms with Gasteiger partial charge in [0.1, 0.15) is 4.90 Å². The van der Waals surface area contributed by atoms with Gasteiger partial charge in [-0.3, -0.25) is 4.99 Å². The third kappa shape index (κ3) is 3.22. The minimum Gasteiger partial charge on any atom is -0.260 e. The van der Waals surface area contributed by atoms with E-state index in [-0.39, 0.29) is 4.90 Å². The fourth-order valence-electron chi connectivity index (χ4n) is 2.78. The molecule has 2 N–H and O–H groups in total. The topological polar surface area (TPSA) is 72.5 Å². The second kappa shape index (κ2) is 5.84. The highest BCUT2D eigenvalue weighted by Crippen LogP contribution is 2.40. The van der Waals surface area contributed by atoms with Gasteiger partial charge in [-0.25, -0.2) is 13.6 Å². The van der Waals surface area contributed by atoms with Gasteiger partial charge in [-0.05, 0) is 37.3 Å². The van der Waals surface area contributed by atoms with Crippen LogP contribution in [0.2, 0.25) is 0 Å². The Bertz CT molecular complexity index is 573. The van der Waals surface area contributed by atoms with Crippen LogP contribution >= 0.6 is 0 Å². The highest BCUT2D eigenvalue weighted by atomic mass is 32.2. The zero-order valence-corrected chi connectivity index (χ0v) is 12.0. The van der Waals surface area contributed by atoms with E-state index < -0.39 is 10.0 Å². The van der Waals surface area contributed by atoms with E-state index in [9.17, 15) is 8.42 Å². The van der Waals surface area contributed by atoms with Gasteiger partial charge in [0.2, 0.25) is 10.0 Å². The second-order valence-electron chi connectivity index (χ2n) is 4.96. The average Bonchev–Trinajstić information content (AvgIpc) is 2.39. The fourth-order valence-corrected chi connectivity index (χ4v) is 3.49. The lowest BCUT2D eigenvalue weighted by Crippen LogP contribution is -2.14. The van der Waals surface area contributed by atoms with Crippen LogP contribution in [-0.4, -0.2) is 14.6 Å². The Kier molecular flexibility index (Phi) is 4.37. The van der Waals surface area contributed by atoms with Gasteiger partial charge in [-0.2, -0.15) is 0 Å². The van der Waals surface area contributed by atoms with Crippen LogP contribution < -0.4 is 5.14 Å². The van der Waals surface area contributed by atoms with Crippen molar-refractivity contribution in [2.45, 2.75) is 49.8 Å². The molecule has 1 saturated carbocycles. The molecule has 1 fully saturated rings. The van der Waals surface area contributed by atoms with Crippen LogP contribution in [0.5, 0.6) is 0 Å².